The number of hydrogen-bond donors (Lipinski definition) is 2. The zero-order valence-corrected chi connectivity index (χ0v) is 9.02. The fourth-order valence-corrected chi connectivity index (χ4v) is 2.59. The Morgan fingerprint density at radius 3 is 2.53 bits per heavy atom. The Balaban J connectivity index is 2.55. The molecule has 0 amide bonds. The van der Waals surface area contributed by atoms with Crippen LogP contribution < -0.4 is 5.73 Å². The van der Waals surface area contributed by atoms with Gasteiger partial charge in [0.2, 0.25) is 0 Å². The van der Waals surface area contributed by atoms with Crippen molar-refractivity contribution in [1.29, 1.82) is 0 Å². The minimum Gasteiger partial charge on any atom is -0.505 e. The lowest BCUT2D eigenvalue weighted by Gasteiger charge is -2.26. The maximum Gasteiger partial charge on any atom is 0.171 e. The summed E-state index contributed by atoms with van der Waals surface area (Å²) < 4.78 is 13.7. The molecule has 1 saturated carbocycles. The van der Waals surface area contributed by atoms with Crippen molar-refractivity contribution in [3.8, 4) is 5.75 Å². The van der Waals surface area contributed by atoms with Crippen molar-refractivity contribution >= 4 is 11.6 Å². The molecule has 3 N–H and O–H groups in total. The van der Waals surface area contributed by atoms with Gasteiger partial charge < -0.3 is 10.8 Å². The molecular formula is C11H13ClFNO. The summed E-state index contributed by atoms with van der Waals surface area (Å²) in [7, 11) is 0. The maximum atomic E-state index is 13.7. The van der Waals surface area contributed by atoms with Crippen LogP contribution in [0.25, 0.3) is 0 Å². The quantitative estimate of drug-likeness (QED) is 0.778. The summed E-state index contributed by atoms with van der Waals surface area (Å²) in [5.41, 5.74) is 5.67. The normalized spacial score (nSPS) is 19.4. The Labute approximate surface area is 92.9 Å². The summed E-state index contributed by atoms with van der Waals surface area (Å²) in [4.78, 5) is 0. The number of nitrogens with two attached hydrogens (primary N) is 1. The van der Waals surface area contributed by atoms with E-state index < -0.39 is 11.4 Å². The maximum absolute atomic E-state index is 13.7. The second-order valence-corrected chi connectivity index (χ2v) is 4.53. The fraction of sp³-hybridized carbons (Fsp3) is 0.455. The molecule has 82 valence electrons. The number of aromatic hydroxyl groups is 1. The number of hydrogen-bond acceptors (Lipinski definition) is 2. The monoisotopic (exact) mass is 229 g/mol. The van der Waals surface area contributed by atoms with Crippen LogP contribution in [0.5, 0.6) is 5.75 Å². The molecule has 1 aliphatic rings. The Bertz CT molecular complexity index is 388. The average molecular weight is 230 g/mol. The number of rotatable bonds is 1. The van der Waals surface area contributed by atoms with Gasteiger partial charge in [-0.2, -0.15) is 0 Å². The van der Waals surface area contributed by atoms with Crippen molar-refractivity contribution in [2.24, 2.45) is 5.73 Å². The van der Waals surface area contributed by atoms with Crippen LogP contribution in [0.15, 0.2) is 12.1 Å². The van der Waals surface area contributed by atoms with Gasteiger partial charge >= 0.3 is 0 Å². The molecule has 0 spiro atoms. The predicted molar refractivity (Wildman–Crippen MR) is 57.4 cm³/mol. The van der Waals surface area contributed by atoms with Gasteiger partial charge in [-0.3, -0.25) is 0 Å². The molecule has 0 aliphatic heterocycles. The second kappa shape index (κ2) is 3.65. The smallest absolute Gasteiger partial charge is 0.171 e. The molecule has 0 saturated heterocycles. The highest BCUT2D eigenvalue weighted by atomic mass is 35.5. The van der Waals surface area contributed by atoms with E-state index in [0.29, 0.717) is 17.9 Å². The molecule has 0 heterocycles. The van der Waals surface area contributed by atoms with Gasteiger partial charge in [0, 0.05) is 16.1 Å². The third-order valence-corrected chi connectivity index (χ3v) is 3.38. The van der Waals surface area contributed by atoms with Crippen molar-refractivity contribution in [1.82, 2.24) is 0 Å². The lowest BCUT2D eigenvalue weighted by atomic mass is 9.88. The minimum atomic E-state index is -0.708. The van der Waals surface area contributed by atoms with Crippen LogP contribution in [0, 0.1) is 5.82 Å². The highest BCUT2D eigenvalue weighted by Crippen LogP contribution is 2.42. The van der Waals surface area contributed by atoms with Crippen molar-refractivity contribution in [2.45, 2.75) is 31.2 Å². The van der Waals surface area contributed by atoms with Gasteiger partial charge in [0.15, 0.2) is 11.6 Å². The number of halogens is 2. The van der Waals surface area contributed by atoms with E-state index in [1.165, 1.54) is 12.1 Å². The predicted octanol–water partition coefficient (Wildman–Crippen LogP) is 2.91. The first-order valence-electron chi connectivity index (χ1n) is 5.01. The Morgan fingerprint density at radius 2 is 1.93 bits per heavy atom. The van der Waals surface area contributed by atoms with Crippen LogP contribution >= 0.6 is 11.6 Å². The molecule has 0 aromatic heterocycles. The molecule has 0 unspecified atom stereocenters. The summed E-state index contributed by atoms with van der Waals surface area (Å²) >= 11 is 5.94. The zero-order chi connectivity index (χ0) is 11.1. The first kappa shape index (κ1) is 10.7. The van der Waals surface area contributed by atoms with Crippen molar-refractivity contribution in [3.63, 3.8) is 0 Å². The molecule has 0 radical (unpaired) electrons. The van der Waals surface area contributed by atoms with E-state index >= 15 is 0 Å². The van der Waals surface area contributed by atoms with Crippen LogP contribution in [0.2, 0.25) is 5.02 Å². The molecule has 4 heteroatoms. The van der Waals surface area contributed by atoms with Gasteiger partial charge in [-0.05, 0) is 25.0 Å². The standard InChI is InChI=1S/C11H13ClFNO/c12-7-3-4-8(15)10(13)9(7)11(14)5-1-2-6-11/h3-4,15H,1-2,5-6,14H2. The minimum absolute atomic E-state index is 0.265. The number of benzene rings is 1. The zero-order valence-electron chi connectivity index (χ0n) is 8.26. The number of phenolic OH excluding ortho intramolecular Hbond substituents is 1. The van der Waals surface area contributed by atoms with Gasteiger partial charge in [0.1, 0.15) is 0 Å². The molecule has 15 heavy (non-hydrogen) atoms. The van der Waals surface area contributed by atoms with Crippen LogP contribution in [0.4, 0.5) is 4.39 Å². The largest absolute Gasteiger partial charge is 0.505 e. The van der Waals surface area contributed by atoms with Crippen LogP contribution in [0.1, 0.15) is 31.2 Å². The van der Waals surface area contributed by atoms with E-state index in [1.807, 2.05) is 0 Å². The highest BCUT2D eigenvalue weighted by Gasteiger charge is 2.36. The summed E-state index contributed by atoms with van der Waals surface area (Å²) in [5.74, 6) is -1.06. The molecule has 1 aliphatic carbocycles. The van der Waals surface area contributed by atoms with Gasteiger partial charge in [-0.15, -0.1) is 0 Å². The third kappa shape index (κ3) is 1.70. The van der Waals surface area contributed by atoms with E-state index in [-0.39, 0.29) is 11.3 Å². The summed E-state index contributed by atoms with van der Waals surface area (Å²) in [6, 6.07) is 2.74. The van der Waals surface area contributed by atoms with Crippen LogP contribution in [-0.4, -0.2) is 5.11 Å². The topological polar surface area (TPSA) is 46.2 Å². The first-order valence-corrected chi connectivity index (χ1v) is 5.39. The molecule has 1 aromatic carbocycles. The molecule has 1 aromatic rings. The Morgan fingerprint density at radius 1 is 1.33 bits per heavy atom. The lowest BCUT2D eigenvalue weighted by molar-refractivity contribution is 0.394. The van der Waals surface area contributed by atoms with E-state index in [0.717, 1.165) is 12.8 Å². The lowest BCUT2D eigenvalue weighted by Crippen LogP contribution is -2.34. The second-order valence-electron chi connectivity index (χ2n) is 4.12. The van der Waals surface area contributed by atoms with Crippen LogP contribution in [0.3, 0.4) is 0 Å². The third-order valence-electron chi connectivity index (χ3n) is 3.06. The fourth-order valence-electron chi connectivity index (χ4n) is 2.25. The van der Waals surface area contributed by atoms with E-state index in [9.17, 15) is 9.50 Å². The molecule has 2 nitrogen and oxygen atoms in total. The van der Waals surface area contributed by atoms with Crippen molar-refractivity contribution < 1.29 is 9.50 Å². The molecule has 0 atom stereocenters. The van der Waals surface area contributed by atoms with E-state index in [2.05, 4.69) is 0 Å². The van der Waals surface area contributed by atoms with Gasteiger partial charge in [0.05, 0.1) is 0 Å². The van der Waals surface area contributed by atoms with Crippen molar-refractivity contribution in [2.75, 3.05) is 0 Å². The molecule has 2 rings (SSSR count). The summed E-state index contributed by atoms with van der Waals surface area (Å²) in [5, 5.41) is 9.61. The first-order chi connectivity index (χ1) is 7.04. The summed E-state index contributed by atoms with van der Waals surface area (Å²) in [6.07, 6.45) is 3.38. The Hall–Kier alpha value is -0.800. The SMILES string of the molecule is NC1(c2c(Cl)ccc(O)c2F)CCCC1. The number of phenols is 1. The van der Waals surface area contributed by atoms with E-state index in [4.69, 9.17) is 17.3 Å². The average Bonchev–Trinajstić information content (AvgIpc) is 2.60. The molecule has 1 fully saturated rings. The van der Waals surface area contributed by atoms with Gasteiger partial charge in [-0.1, -0.05) is 24.4 Å². The van der Waals surface area contributed by atoms with Gasteiger partial charge in [-0.25, -0.2) is 4.39 Å². The molecule has 0 bridgehead atoms. The van der Waals surface area contributed by atoms with Crippen LogP contribution in [-0.2, 0) is 5.54 Å². The molecular weight excluding hydrogens is 217 g/mol. The van der Waals surface area contributed by atoms with Crippen molar-refractivity contribution in [3.05, 3.63) is 28.5 Å². The summed E-state index contributed by atoms with van der Waals surface area (Å²) in [6.45, 7) is 0. The Kier molecular flexibility index (Phi) is 2.61. The van der Waals surface area contributed by atoms with E-state index in [1.54, 1.807) is 0 Å². The van der Waals surface area contributed by atoms with Gasteiger partial charge in [0.25, 0.3) is 0 Å². The highest BCUT2D eigenvalue weighted by molar-refractivity contribution is 6.31.